The van der Waals surface area contributed by atoms with E-state index in [4.69, 9.17) is 10.5 Å². The highest BCUT2D eigenvalue weighted by atomic mass is 32.1. The standard InChI is InChI=1S/C15H17N3OS/c16-12(6-8-19-14-4-2-1-3-5-14)10-13-11-18-7-9-20-15(18)17-13/h1-5,7,9,11-12H,6,8,10,16H2. The van der Waals surface area contributed by atoms with E-state index in [1.165, 1.54) is 0 Å². The molecule has 0 amide bonds. The average molecular weight is 287 g/mol. The summed E-state index contributed by atoms with van der Waals surface area (Å²) in [4.78, 5) is 5.56. The van der Waals surface area contributed by atoms with Crippen molar-refractivity contribution in [3.05, 3.63) is 53.8 Å². The van der Waals surface area contributed by atoms with Crippen LogP contribution in [0, 0.1) is 0 Å². The minimum absolute atomic E-state index is 0.0725. The molecule has 1 aromatic carbocycles. The lowest BCUT2D eigenvalue weighted by Crippen LogP contribution is -2.25. The molecule has 0 aliphatic carbocycles. The maximum absolute atomic E-state index is 6.13. The van der Waals surface area contributed by atoms with Crippen molar-refractivity contribution in [1.82, 2.24) is 9.38 Å². The number of fused-ring (bicyclic) bond motifs is 1. The van der Waals surface area contributed by atoms with Crippen LogP contribution in [0.25, 0.3) is 4.96 Å². The molecule has 0 aliphatic rings. The summed E-state index contributed by atoms with van der Waals surface area (Å²) in [5.74, 6) is 0.891. The molecule has 4 nitrogen and oxygen atoms in total. The van der Waals surface area contributed by atoms with Gasteiger partial charge in [0, 0.05) is 30.2 Å². The molecule has 2 heterocycles. The van der Waals surface area contributed by atoms with Crippen molar-refractivity contribution in [2.24, 2.45) is 5.73 Å². The Balaban J connectivity index is 1.47. The van der Waals surface area contributed by atoms with Crippen LogP contribution in [0.4, 0.5) is 0 Å². The lowest BCUT2D eigenvalue weighted by Gasteiger charge is -2.11. The Bertz CT molecular complexity index is 633. The van der Waals surface area contributed by atoms with Gasteiger partial charge in [0.05, 0.1) is 12.3 Å². The van der Waals surface area contributed by atoms with E-state index in [-0.39, 0.29) is 6.04 Å². The number of nitrogens with zero attached hydrogens (tertiary/aromatic N) is 2. The molecule has 0 saturated heterocycles. The number of hydrogen-bond donors (Lipinski definition) is 1. The molecule has 2 N–H and O–H groups in total. The van der Waals surface area contributed by atoms with E-state index in [0.717, 1.165) is 29.2 Å². The maximum atomic E-state index is 6.13. The zero-order valence-electron chi connectivity index (χ0n) is 11.1. The molecule has 0 saturated carbocycles. The van der Waals surface area contributed by atoms with Gasteiger partial charge in [-0.05, 0) is 18.6 Å². The summed E-state index contributed by atoms with van der Waals surface area (Å²) in [7, 11) is 0. The minimum Gasteiger partial charge on any atom is -0.494 e. The summed E-state index contributed by atoms with van der Waals surface area (Å²) in [5.41, 5.74) is 7.18. The first-order valence-corrected chi connectivity index (χ1v) is 7.54. The third kappa shape index (κ3) is 3.18. The number of benzene rings is 1. The van der Waals surface area contributed by atoms with Crippen LogP contribution < -0.4 is 10.5 Å². The highest BCUT2D eigenvalue weighted by molar-refractivity contribution is 7.15. The highest BCUT2D eigenvalue weighted by Gasteiger charge is 2.08. The molecular formula is C15H17N3OS. The fraction of sp³-hybridized carbons (Fsp3) is 0.267. The van der Waals surface area contributed by atoms with E-state index in [2.05, 4.69) is 4.98 Å². The number of aromatic nitrogens is 2. The van der Waals surface area contributed by atoms with E-state index in [1.807, 2.05) is 52.5 Å². The Morgan fingerprint density at radius 2 is 2.15 bits per heavy atom. The zero-order valence-corrected chi connectivity index (χ0v) is 11.9. The second-order valence-electron chi connectivity index (χ2n) is 4.74. The van der Waals surface area contributed by atoms with Crippen molar-refractivity contribution in [1.29, 1.82) is 0 Å². The first kappa shape index (κ1) is 13.1. The van der Waals surface area contributed by atoms with E-state index in [1.54, 1.807) is 11.3 Å². The number of imidazole rings is 1. The van der Waals surface area contributed by atoms with Crippen LogP contribution in [-0.2, 0) is 6.42 Å². The zero-order chi connectivity index (χ0) is 13.8. The van der Waals surface area contributed by atoms with E-state index < -0.39 is 0 Å². The van der Waals surface area contributed by atoms with Gasteiger partial charge in [0.25, 0.3) is 0 Å². The van der Waals surface area contributed by atoms with Gasteiger partial charge in [0.2, 0.25) is 0 Å². The normalized spacial score (nSPS) is 12.7. The van der Waals surface area contributed by atoms with Gasteiger partial charge in [-0.2, -0.15) is 0 Å². The Morgan fingerprint density at radius 1 is 1.30 bits per heavy atom. The Labute approximate surface area is 121 Å². The molecule has 3 rings (SSSR count). The summed E-state index contributed by atoms with van der Waals surface area (Å²) in [6, 6.07) is 9.89. The summed E-state index contributed by atoms with van der Waals surface area (Å²) in [6.45, 7) is 0.632. The van der Waals surface area contributed by atoms with Crippen LogP contribution in [0.5, 0.6) is 5.75 Å². The minimum atomic E-state index is 0.0725. The van der Waals surface area contributed by atoms with E-state index in [9.17, 15) is 0 Å². The molecule has 1 unspecified atom stereocenters. The fourth-order valence-electron chi connectivity index (χ4n) is 2.09. The molecule has 0 bridgehead atoms. The molecule has 0 radical (unpaired) electrons. The van der Waals surface area contributed by atoms with Crippen LogP contribution in [0.1, 0.15) is 12.1 Å². The third-order valence-electron chi connectivity index (χ3n) is 3.12. The van der Waals surface area contributed by atoms with Crippen LogP contribution in [0.2, 0.25) is 0 Å². The fourth-order valence-corrected chi connectivity index (χ4v) is 2.81. The van der Waals surface area contributed by atoms with Crippen molar-refractivity contribution in [2.45, 2.75) is 18.9 Å². The maximum Gasteiger partial charge on any atom is 0.193 e. The number of para-hydroxylation sites is 1. The van der Waals surface area contributed by atoms with Gasteiger partial charge in [-0.15, -0.1) is 11.3 Å². The molecular weight excluding hydrogens is 270 g/mol. The summed E-state index contributed by atoms with van der Waals surface area (Å²) < 4.78 is 7.69. The van der Waals surface area contributed by atoms with Gasteiger partial charge >= 0.3 is 0 Å². The van der Waals surface area contributed by atoms with E-state index >= 15 is 0 Å². The largest absolute Gasteiger partial charge is 0.494 e. The number of thiazole rings is 1. The predicted molar refractivity (Wildman–Crippen MR) is 81.3 cm³/mol. The Hall–Kier alpha value is -1.85. The number of nitrogens with two attached hydrogens (primary N) is 1. The lowest BCUT2D eigenvalue weighted by atomic mass is 10.1. The van der Waals surface area contributed by atoms with Crippen LogP contribution in [-0.4, -0.2) is 22.0 Å². The molecule has 2 aromatic heterocycles. The first-order valence-electron chi connectivity index (χ1n) is 6.66. The Kier molecular flexibility index (Phi) is 3.99. The molecule has 1 atom stereocenters. The molecule has 20 heavy (non-hydrogen) atoms. The van der Waals surface area contributed by atoms with Gasteiger partial charge in [-0.1, -0.05) is 18.2 Å². The monoisotopic (exact) mass is 287 g/mol. The average Bonchev–Trinajstić information content (AvgIpc) is 3.01. The van der Waals surface area contributed by atoms with Crippen LogP contribution in [0.15, 0.2) is 48.1 Å². The molecule has 3 aromatic rings. The van der Waals surface area contributed by atoms with Crippen LogP contribution in [0.3, 0.4) is 0 Å². The number of ether oxygens (including phenoxy) is 1. The van der Waals surface area contributed by atoms with Gasteiger partial charge in [0.15, 0.2) is 4.96 Å². The summed E-state index contributed by atoms with van der Waals surface area (Å²) in [6.07, 6.45) is 5.66. The Morgan fingerprint density at radius 3 is 2.95 bits per heavy atom. The van der Waals surface area contributed by atoms with Gasteiger partial charge < -0.3 is 10.5 Å². The topological polar surface area (TPSA) is 52.5 Å². The first-order chi connectivity index (χ1) is 9.81. The predicted octanol–water partition coefficient (Wildman–Crippen LogP) is 2.73. The van der Waals surface area contributed by atoms with E-state index in [0.29, 0.717) is 6.61 Å². The molecule has 0 fully saturated rings. The van der Waals surface area contributed by atoms with Gasteiger partial charge in [-0.25, -0.2) is 4.98 Å². The van der Waals surface area contributed by atoms with Crippen molar-refractivity contribution in [3.8, 4) is 5.75 Å². The molecule has 0 spiro atoms. The molecule has 0 aliphatic heterocycles. The second kappa shape index (κ2) is 6.07. The van der Waals surface area contributed by atoms with Crippen molar-refractivity contribution >= 4 is 16.3 Å². The number of rotatable bonds is 6. The summed E-state index contributed by atoms with van der Waals surface area (Å²) >= 11 is 1.64. The molecule has 5 heteroatoms. The van der Waals surface area contributed by atoms with Crippen molar-refractivity contribution in [2.75, 3.05) is 6.61 Å². The van der Waals surface area contributed by atoms with Gasteiger partial charge in [0.1, 0.15) is 5.75 Å². The van der Waals surface area contributed by atoms with Crippen molar-refractivity contribution in [3.63, 3.8) is 0 Å². The second-order valence-corrected chi connectivity index (χ2v) is 5.61. The molecule has 104 valence electrons. The SMILES string of the molecule is NC(CCOc1ccccc1)Cc1cn2ccsc2n1. The highest BCUT2D eigenvalue weighted by Crippen LogP contribution is 2.13. The third-order valence-corrected chi connectivity index (χ3v) is 3.89. The lowest BCUT2D eigenvalue weighted by molar-refractivity contribution is 0.297. The van der Waals surface area contributed by atoms with Crippen molar-refractivity contribution < 1.29 is 4.74 Å². The van der Waals surface area contributed by atoms with Crippen LogP contribution >= 0.6 is 11.3 Å². The van der Waals surface area contributed by atoms with Gasteiger partial charge in [-0.3, -0.25) is 4.40 Å². The summed E-state index contributed by atoms with van der Waals surface area (Å²) in [5, 5.41) is 2.03. The smallest absolute Gasteiger partial charge is 0.193 e. The quantitative estimate of drug-likeness (QED) is 0.758. The number of hydrogen-bond acceptors (Lipinski definition) is 4.